The highest BCUT2D eigenvalue weighted by molar-refractivity contribution is 5.88. The van der Waals surface area contributed by atoms with Crippen LogP contribution < -0.4 is 5.73 Å². The van der Waals surface area contributed by atoms with E-state index in [1.807, 2.05) is 33.8 Å². The van der Waals surface area contributed by atoms with Gasteiger partial charge < -0.3 is 10.5 Å². The predicted molar refractivity (Wildman–Crippen MR) is 83.0 cm³/mol. The van der Waals surface area contributed by atoms with Crippen molar-refractivity contribution in [1.29, 1.82) is 0 Å². The standard InChI is InChI=1S/C12H21NO2.2C2H6/c1-3-4-5-9-8-10(12(14)15-2)6-7-11(9)13;2*1-2/h8-9,11H,3-7,13H2,1-2H3;2*1-2H3/t9-,11-;;/m1../s1. The van der Waals surface area contributed by atoms with E-state index in [0.29, 0.717) is 5.92 Å². The largest absolute Gasteiger partial charge is 0.466 e. The van der Waals surface area contributed by atoms with Gasteiger partial charge in [-0.3, -0.25) is 0 Å². The minimum absolute atomic E-state index is 0.191. The molecule has 0 bridgehead atoms. The van der Waals surface area contributed by atoms with Crippen molar-refractivity contribution < 1.29 is 9.53 Å². The molecule has 0 unspecified atom stereocenters. The number of rotatable bonds is 4. The van der Waals surface area contributed by atoms with Gasteiger partial charge in [0.25, 0.3) is 0 Å². The minimum Gasteiger partial charge on any atom is -0.466 e. The molecule has 3 nitrogen and oxygen atoms in total. The zero-order chi connectivity index (χ0) is 15.3. The van der Waals surface area contributed by atoms with Crippen molar-refractivity contribution in [3.05, 3.63) is 11.6 Å². The number of hydrogen-bond donors (Lipinski definition) is 1. The number of unbranched alkanes of at least 4 members (excludes halogenated alkanes) is 1. The van der Waals surface area contributed by atoms with Crippen LogP contribution in [0.2, 0.25) is 0 Å². The molecule has 0 radical (unpaired) electrons. The fraction of sp³-hybridized carbons (Fsp3) is 0.812. The molecule has 0 aromatic rings. The summed E-state index contributed by atoms with van der Waals surface area (Å²) in [5, 5.41) is 0. The molecule has 2 atom stereocenters. The molecular formula is C16H33NO2. The maximum absolute atomic E-state index is 11.4. The summed E-state index contributed by atoms with van der Waals surface area (Å²) in [7, 11) is 1.43. The first-order valence-electron chi connectivity index (χ1n) is 7.73. The molecule has 1 aliphatic carbocycles. The first kappa shape index (κ1) is 20.5. The number of esters is 1. The molecule has 0 aromatic carbocycles. The Morgan fingerprint density at radius 1 is 1.37 bits per heavy atom. The van der Waals surface area contributed by atoms with Crippen LogP contribution in [-0.4, -0.2) is 19.1 Å². The Morgan fingerprint density at radius 2 is 1.95 bits per heavy atom. The summed E-state index contributed by atoms with van der Waals surface area (Å²) in [6, 6.07) is 0.213. The minimum atomic E-state index is -0.191. The van der Waals surface area contributed by atoms with E-state index in [2.05, 4.69) is 6.92 Å². The van der Waals surface area contributed by atoms with Gasteiger partial charge in [-0.25, -0.2) is 4.79 Å². The number of nitrogens with two attached hydrogens (primary N) is 1. The van der Waals surface area contributed by atoms with Crippen molar-refractivity contribution in [2.45, 2.75) is 72.8 Å². The quantitative estimate of drug-likeness (QED) is 0.784. The Morgan fingerprint density at radius 3 is 2.42 bits per heavy atom. The summed E-state index contributed by atoms with van der Waals surface area (Å²) in [5.74, 6) is 0.163. The van der Waals surface area contributed by atoms with Crippen LogP contribution in [0.15, 0.2) is 11.6 Å². The molecule has 0 fully saturated rings. The van der Waals surface area contributed by atoms with Crippen molar-refractivity contribution >= 4 is 5.97 Å². The second-order valence-corrected chi connectivity index (χ2v) is 4.19. The third kappa shape index (κ3) is 8.04. The van der Waals surface area contributed by atoms with Crippen LogP contribution in [-0.2, 0) is 9.53 Å². The van der Waals surface area contributed by atoms with E-state index in [1.54, 1.807) is 0 Å². The van der Waals surface area contributed by atoms with Crippen LogP contribution in [0.25, 0.3) is 0 Å². The van der Waals surface area contributed by atoms with Crippen LogP contribution in [0, 0.1) is 5.92 Å². The molecule has 1 rings (SSSR count). The van der Waals surface area contributed by atoms with E-state index in [4.69, 9.17) is 10.5 Å². The van der Waals surface area contributed by atoms with Crippen molar-refractivity contribution in [2.24, 2.45) is 11.7 Å². The molecule has 3 heteroatoms. The SMILES string of the molecule is CC.CC.CCCC[C@@H]1C=C(C(=O)OC)CC[C@H]1N. The van der Waals surface area contributed by atoms with E-state index in [-0.39, 0.29) is 12.0 Å². The number of ether oxygens (including phenoxy) is 1. The number of methoxy groups -OCH3 is 1. The molecule has 0 saturated carbocycles. The van der Waals surface area contributed by atoms with Crippen molar-refractivity contribution in [1.82, 2.24) is 0 Å². The second-order valence-electron chi connectivity index (χ2n) is 4.19. The van der Waals surface area contributed by atoms with Crippen molar-refractivity contribution in [3.8, 4) is 0 Å². The molecule has 0 saturated heterocycles. The summed E-state index contributed by atoms with van der Waals surface area (Å²) < 4.78 is 4.73. The fourth-order valence-electron chi connectivity index (χ4n) is 2.04. The molecule has 0 spiro atoms. The Kier molecular flexibility index (Phi) is 14.7. The van der Waals surface area contributed by atoms with Crippen LogP contribution >= 0.6 is 0 Å². The maximum atomic E-state index is 11.4. The molecular weight excluding hydrogens is 238 g/mol. The Labute approximate surface area is 119 Å². The third-order valence-electron chi connectivity index (χ3n) is 3.05. The van der Waals surface area contributed by atoms with Crippen molar-refractivity contribution in [2.75, 3.05) is 7.11 Å². The summed E-state index contributed by atoms with van der Waals surface area (Å²) >= 11 is 0. The lowest BCUT2D eigenvalue weighted by molar-refractivity contribution is -0.136. The van der Waals surface area contributed by atoms with Gasteiger partial charge in [0.05, 0.1) is 7.11 Å². The zero-order valence-corrected chi connectivity index (χ0v) is 13.7. The lowest BCUT2D eigenvalue weighted by Gasteiger charge is -2.26. The van der Waals surface area contributed by atoms with Gasteiger partial charge in [-0.1, -0.05) is 53.5 Å². The lowest BCUT2D eigenvalue weighted by atomic mass is 9.83. The fourth-order valence-corrected chi connectivity index (χ4v) is 2.04. The molecule has 2 N–H and O–H groups in total. The van der Waals surface area contributed by atoms with Crippen LogP contribution in [0.5, 0.6) is 0 Å². The van der Waals surface area contributed by atoms with Crippen LogP contribution in [0.4, 0.5) is 0 Å². The van der Waals surface area contributed by atoms with Gasteiger partial charge in [-0.2, -0.15) is 0 Å². The smallest absolute Gasteiger partial charge is 0.333 e. The van der Waals surface area contributed by atoms with E-state index in [1.165, 1.54) is 20.0 Å². The van der Waals surface area contributed by atoms with Crippen LogP contribution in [0.3, 0.4) is 0 Å². The average molecular weight is 271 g/mol. The summed E-state index contributed by atoms with van der Waals surface area (Å²) in [5.41, 5.74) is 6.83. The topological polar surface area (TPSA) is 52.3 Å². The van der Waals surface area contributed by atoms with Gasteiger partial charge in [0.1, 0.15) is 0 Å². The van der Waals surface area contributed by atoms with E-state index in [9.17, 15) is 4.79 Å². The Balaban J connectivity index is 0. The lowest BCUT2D eigenvalue weighted by Crippen LogP contribution is -2.33. The molecule has 19 heavy (non-hydrogen) atoms. The van der Waals surface area contributed by atoms with Gasteiger partial charge in [0.2, 0.25) is 0 Å². The maximum Gasteiger partial charge on any atom is 0.333 e. The number of hydrogen-bond acceptors (Lipinski definition) is 3. The van der Waals surface area contributed by atoms with E-state index < -0.39 is 0 Å². The number of carbonyl (C=O) groups is 1. The first-order chi connectivity index (χ1) is 9.19. The van der Waals surface area contributed by atoms with Gasteiger partial charge in [0.15, 0.2) is 0 Å². The van der Waals surface area contributed by atoms with E-state index >= 15 is 0 Å². The summed E-state index contributed by atoms with van der Waals surface area (Å²) in [6.45, 7) is 10.2. The molecule has 0 amide bonds. The summed E-state index contributed by atoms with van der Waals surface area (Å²) in [4.78, 5) is 11.4. The Bertz CT molecular complexity index is 249. The highest BCUT2D eigenvalue weighted by Crippen LogP contribution is 2.26. The highest BCUT2D eigenvalue weighted by Gasteiger charge is 2.24. The highest BCUT2D eigenvalue weighted by atomic mass is 16.5. The summed E-state index contributed by atoms with van der Waals surface area (Å²) in [6.07, 6.45) is 7.10. The number of carbonyl (C=O) groups excluding carboxylic acids is 1. The van der Waals surface area contributed by atoms with Gasteiger partial charge in [-0.15, -0.1) is 0 Å². The normalized spacial score (nSPS) is 21.1. The first-order valence-corrected chi connectivity index (χ1v) is 7.73. The molecule has 0 aromatic heterocycles. The zero-order valence-electron chi connectivity index (χ0n) is 13.7. The Hall–Kier alpha value is -0.830. The van der Waals surface area contributed by atoms with Gasteiger partial charge >= 0.3 is 5.97 Å². The third-order valence-corrected chi connectivity index (χ3v) is 3.05. The molecule has 1 aliphatic rings. The molecule has 114 valence electrons. The second kappa shape index (κ2) is 13.6. The van der Waals surface area contributed by atoms with Gasteiger partial charge in [-0.05, 0) is 25.2 Å². The van der Waals surface area contributed by atoms with Crippen LogP contribution in [0.1, 0.15) is 66.7 Å². The average Bonchev–Trinajstić information content (AvgIpc) is 2.49. The monoisotopic (exact) mass is 271 g/mol. The van der Waals surface area contributed by atoms with Crippen molar-refractivity contribution in [3.63, 3.8) is 0 Å². The molecule has 0 heterocycles. The van der Waals surface area contributed by atoms with E-state index in [0.717, 1.165) is 24.8 Å². The van der Waals surface area contributed by atoms with Gasteiger partial charge in [0, 0.05) is 11.6 Å². The molecule has 0 aliphatic heterocycles. The predicted octanol–water partition coefficient (Wildman–Crippen LogP) is 4.07.